The number of anilines is 4. The van der Waals surface area contributed by atoms with Gasteiger partial charge in [0.05, 0.1) is 40.7 Å². The largest absolute Gasteiger partial charge is 0.494 e. The lowest BCUT2D eigenvalue weighted by Crippen LogP contribution is -2.20. The first-order chi connectivity index (χ1) is 27.5. The first-order valence-corrected chi connectivity index (χ1v) is 22.6. The minimum absolute atomic E-state index is 0.0225. The Morgan fingerprint density at radius 2 is 1.38 bits per heavy atom. The van der Waals surface area contributed by atoms with E-state index in [1.165, 1.54) is 30.3 Å². The average Bonchev–Trinajstić information content (AvgIpc) is 3.18. The van der Waals surface area contributed by atoms with Crippen molar-refractivity contribution in [3.05, 3.63) is 101 Å². The second-order valence-corrected chi connectivity index (χ2v) is 18.0. The summed E-state index contributed by atoms with van der Waals surface area (Å²) in [6.07, 6.45) is 4.88. The number of carbonyl (C=O) groups excluding carboxylic acids is 2. The summed E-state index contributed by atoms with van der Waals surface area (Å²) >= 11 is 0. The van der Waals surface area contributed by atoms with Gasteiger partial charge >= 0.3 is 5.97 Å². The number of hydrogen-bond acceptors (Lipinski definition) is 9. The number of unbranched alkanes of at least 4 members (excludes halogenated alkanes) is 3. The molecule has 312 valence electrons. The maximum Gasteiger partial charge on any atom is 0.350 e. The van der Waals surface area contributed by atoms with E-state index in [1.54, 1.807) is 19.1 Å². The van der Waals surface area contributed by atoms with Crippen LogP contribution in [0.5, 0.6) is 5.75 Å². The van der Waals surface area contributed by atoms with Crippen molar-refractivity contribution in [2.75, 3.05) is 28.6 Å². The van der Waals surface area contributed by atoms with Crippen LogP contribution < -0.4 is 20.1 Å². The molecule has 0 unspecified atom stereocenters. The quantitative estimate of drug-likeness (QED) is 0.0446. The van der Waals surface area contributed by atoms with Crippen LogP contribution in [0.2, 0.25) is 0 Å². The van der Waals surface area contributed by atoms with Crippen LogP contribution in [0.15, 0.2) is 93.1 Å². The van der Waals surface area contributed by atoms with E-state index in [-0.39, 0.29) is 46.2 Å². The SMILES string of the molecule is CCCCCCOc1ccc(Nc2ccc(NS(=O)(=O)c3c(C(C)C)cc(C(C)C)cc3C(C)C)cc2NC(=O)c2ccccc2S(=O)(=O)/N=C/C(=O)OCC)cc1. The van der Waals surface area contributed by atoms with E-state index in [4.69, 9.17) is 9.47 Å². The summed E-state index contributed by atoms with van der Waals surface area (Å²) in [7, 11) is -8.69. The predicted octanol–water partition coefficient (Wildman–Crippen LogP) is 10.1. The number of nitrogens with one attached hydrogen (secondary N) is 3. The topological polar surface area (TPSA) is 169 Å². The van der Waals surface area contributed by atoms with Gasteiger partial charge in [-0.15, -0.1) is 0 Å². The molecular weight excluding hydrogens is 777 g/mol. The zero-order valence-corrected chi connectivity index (χ0v) is 36.2. The summed E-state index contributed by atoms with van der Waals surface area (Å²) in [6.45, 7) is 16.3. The van der Waals surface area contributed by atoms with Gasteiger partial charge in [-0.2, -0.15) is 12.8 Å². The Morgan fingerprint density at radius 1 is 0.741 bits per heavy atom. The number of rotatable bonds is 20. The van der Waals surface area contributed by atoms with Crippen LogP contribution in [0.3, 0.4) is 0 Å². The van der Waals surface area contributed by atoms with Crippen molar-refractivity contribution in [1.82, 2.24) is 0 Å². The Labute approximate surface area is 344 Å². The first-order valence-electron chi connectivity index (χ1n) is 19.7. The molecule has 0 heterocycles. The Bertz CT molecular complexity index is 2270. The maximum atomic E-state index is 14.4. The summed E-state index contributed by atoms with van der Waals surface area (Å²) < 4.78 is 72.1. The maximum absolute atomic E-state index is 14.4. The number of benzene rings is 4. The van der Waals surface area contributed by atoms with Crippen LogP contribution in [0, 0.1) is 0 Å². The minimum atomic E-state index is -4.52. The Kier molecular flexibility index (Phi) is 16.1. The van der Waals surface area contributed by atoms with E-state index in [9.17, 15) is 26.4 Å². The molecule has 1 amide bonds. The van der Waals surface area contributed by atoms with Gasteiger partial charge in [0.25, 0.3) is 26.0 Å². The fourth-order valence-electron chi connectivity index (χ4n) is 6.15. The van der Waals surface area contributed by atoms with Crippen molar-refractivity contribution < 1.29 is 35.9 Å². The van der Waals surface area contributed by atoms with E-state index in [0.717, 1.165) is 31.2 Å². The van der Waals surface area contributed by atoms with Gasteiger partial charge in [0.2, 0.25) is 0 Å². The summed E-state index contributed by atoms with van der Waals surface area (Å²) in [5, 5.41) is 6.05. The number of amides is 1. The van der Waals surface area contributed by atoms with Gasteiger partial charge in [0, 0.05) is 5.69 Å². The minimum Gasteiger partial charge on any atom is -0.494 e. The van der Waals surface area contributed by atoms with Crippen LogP contribution in [0.4, 0.5) is 22.7 Å². The predicted molar refractivity (Wildman–Crippen MR) is 232 cm³/mol. The third kappa shape index (κ3) is 12.2. The molecule has 58 heavy (non-hydrogen) atoms. The first kappa shape index (κ1) is 45.5. The van der Waals surface area contributed by atoms with E-state index in [1.807, 2.05) is 64.1 Å². The van der Waals surface area contributed by atoms with Crippen LogP contribution in [0.25, 0.3) is 0 Å². The summed E-state index contributed by atoms with van der Waals surface area (Å²) in [6, 6.07) is 21.3. The lowest BCUT2D eigenvalue weighted by molar-refractivity contribution is -0.134. The number of carbonyl (C=O) groups is 2. The van der Waals surface area contributed by atoms with Crippen molar-refractivity contribution in [2.45, 2.75) is 109 Å². The van der Waals surface area contributed by atoms with E-state index < -0.39 is 36.8 Å². The molecule has 14 heteroatoms. The van der Waals surface area contributed by atoms with Crippen molar-refractivity contribution in [2.24, 2.45) is 4.40 Å². The molecule has 0 aromatic heterocycles. The highest BCUT2D eigenvalue weighted by Crippen LogP contribution is 2.37. The average molecular weight is 833 g/mol. The van der Waals surface area contributed by atoms with Crippen molar-refractivity contribution in [3.8, 4) is 5.75 Å². The molecule has 0 aliphatic rings. The number of sulfonamides is 2. The molecule has 4 rings (SSSR count). The summed E-state index contributed by atoms with van der Waals surface area (Å²) in [5.41, 5.74) is 3.53. The lowest BCUT2D eigenvalue weighted by atomic mass is 9.89. The van der Waals surface area contributed by atoms with Gasteiger partial charge in [-0.25, -0.2) is 13.2 Å². The van der Waals surface area contributed by atoms with Crippen molar-refractivity contribution in [1.29, 1.82) is 0 Å². The molecule has 0 bridgehead atoms. The van der Waals surface area contributed by atoms with Gasteiger partial charge in [-0.1, -0.05) is 92.0 Å². The monoisotopic (exact) mass is 832 g/mol. The molecule has 4 aromatic rings. The molecule has 3 N–H and O–H groups in total. The van der Waals surface area contributed by atoms with Crippen molar-refractivity contribution >= 4 is 60.9 Å². The molecule has 0 spiro atoms. The van der Waals surface area contributed by atoms with Gasteiger partial charge in [0.1, 0.15) is 16.9 Å². The molecule has 0 fully saturated rings. The second-order valence-electron chi connectivity index (χ2n) is 14.8. The van der Waals surface area contributed by atoms with Crippen molar-refractivity contribution in [3.63, 3.8) is 0 Å². The van der Waals surface area contributed by atoms with Crippen LogP contribution in [0.1, 0.15) is 126 Å². The Hall–Kier alpha value is -5.21. The highest BCUT2D eigenvalue weighted by atomic mass is 32.2. The third-order valence-electron chi connectivity index (χ3n) is 9.26. The summed E-state index contributed by atoms with van der Waals surface area (Å²) in [5.74, 6) is -1.08. The normalized spacial score (nSPS) is 12.0. The smallest absolute Gasteiger partial charge is 0.350 e. The molecule has 0 saturated carbocycles. The number of hydrogen-bond donors (Lipinski definition) is 3. The van der Waals surface area contributed by atoms with Gasteiger partial charge in [0.15, 0.2) is 0 Å². The van der Waals surface area contributed by atoms with Gasteiger partial charge < -0.3 is 20.1 Å². The third-order valence-corrected chi connectivity index (χ3v) is 12.1. The molecule has 0 aliphatic carbocycles. The molecule has 0 aliphatic heterocycles. The Morgan fingerprint density at radius 3 is 1.98 bits per heavy atom. The molecular formula is C44H56N4O8S2. The van der Waals surface area contributed by atoms with E-state index >= 15 is 0 Å². The lowest BCUT2D eigenvalue weighted by Gasteiger charge is -2.23. The molecule has 4 aromatic carbocycles. The van der Waals surface area contributed by atoms with Crippen LogP contribution in [-0.2, 0) is 29.6 Å². The number of ether oxygens (including phenoxy) is 2. The highest BCUT2D eigenvalue weighted by molar-refractivity contribution is 7.92. The zero-order chi connectivity index (χ0) is 42.6. The zero-order valence-electron chi connectivity index (χ0n) is 34.6. The molecule has 0 radical (unpaired) electrons. The van der Waals surface area contributed by atoms with Gasteiger partial charge in [-0.05, 0) is 102 Å². The Balaban J connectivity index is 1.75. The molecule has 0 saturated heterocycles. The highest BCUT2D eigenvalue weighted by Gasteiger charge is 2.28. The van der Waals surface area contributed by atoms with E-state index in [2.05, 4.69) is 40.5 Å². The van der Waals surface area contributed by atoms with Gasteiger partial charge in [-0.3, -0.25) is 9.52 Å². The second kappa shape index (κ2) is 20.5. The fourth-order valence-corrected chi connectivity index (χ4v) is 8.93. The fraction of sp³-hybridized carbons (Fsp3) is 0.386. The number of esters is 1. The number of nitrogens with zero attached hydrogens (tertiary/aromatic N) is 1. The standard InChI is InChI=1S/C44H56N4O8S2/c1-9-11-12-15-24-56-35-21-18-33(19-22-35)46-39-23-20-34(48-58(53,54)43-37(30(5)6)25-32(29(3)4)26-38(43)31(7)8)27-40(39)47-44(50)36-16-13-14-17-41(36)57(51,52)45-28-42(49)55-10-2/h13-14,16-23,25-31,46,48H,9-12,15,24H2,1-8H3,(H,47,50)/b45-28+. The molecule has 0 atom stereocenters. The van der Waals surface area contributed by atoms with E-state index in [0.29, 0.717) is 41.1 Å². The molecule has 12 nitrogen and oxygen atoms in total. The summed E-state index contributed by atoms with van der Waals surface area (Å²) in [4.78, 5) is 25.6. The van der Waals surface area contributed by atoms with Crippen LogP contribution in [-0.4, -0.2) is 48.1 Å². The van der Waals surface area contributed by atoms with Crippen LogP contribution >= 0.6 is 0 Å².